The number of halogens is 3. The van der Waals surface area contributed by atoms with E-state index in [2.05, 4.69) is 22.5 Å². The van der Waals surface area contributed by atoms with Crippen LogP contribution < -0.4 is 0 Å². The summed E-state index contributed by atoms with van der Waals surface area (Å²) in [6.07, 6.45) is 1.97. The van der Waals surface area contributed by atoms with Gasteiger partial charge in [0, 0.05) is 22.3 Å². The van der Waals surface area contributed by atoms with Crippen molar-refractivity contribution >= 4 is 38.8 Å². The summed E-state index contributed by atoms with van der Waals surface area (Å²) < 4.78 is 15.5. The monoisotopic (exact) mass is 433 g/mol. The molecule has 26 heavy (non-hydrogen) atoms. The molecule has 0 aromatic heterocycles. The highest BCUT2D eigenvalue weighted by Crippen LogP contribution is 2.43. The molecular weight excluding hydrogens is 413 g/mol. The molecule has 0 atom stereocenters. The van der Waals surface area contributed by atoms with Crippen LogP contribution in [-0.4, -0.2) is 11.4 Å². The van der Waals surface area contributed by atoms with Crippen molar-refractivity contribution in [2.24, 2.45) is 0 Å². The standard InChI is InChI=1S/C20H16BrClFN.C2H6/c1-3-24-13(2)16(21)12-15(14-8-5-4-6-9-14)20(24)19-17(22)10-7-11-18(19)23;1-2/h4-12H,2-3H2,1H3;1-2H3. The maximum Gasteiger partial charge on any atom is 0.134 e. The number of allylic oxidation sites excluding steroid dienone is 3. The van der Waals surface area contributed by atoms with Crippen LogP contribution in [0.4, 0.5) is 4.39 Å². The third-order valence-electron chi connectivity index (χ3n) is 4.00. The predicted octanol–water partition coefficient (Wildman–Crippen LogP) is 7.50. The number of benzene rings is 2. The first-order chi connectivity index (χ1) is 12.5. The lowest BCUT2D eigenvalue weighted by atomic mass is 9.94. The van der Waals surface area contributed by atoms with E-state index in [9.17, 15) is 4.39 Å². The number of hydrogen-bond acceptors (Lipinski definition) is 1. The molecule has 0 fully saturated rings. The second kappa shape index (κ2) is 9.20. The Balaban J connectivity index is 0.00000117. The van der Waals surface area contributed by atoms with Gasteiger partial charge < -0.3 is 4.90 Å². The smallest absolute Gasteiger partial charge is 0.134 e. The van der Waals surface area contributed by atoms with Gasteiger partial charge in [0.05, 0.1) is 16.3 Å². The van der Waals surface area contributed by atoms with Gasteiger partial charge in [-0.3, -0.25) is 0 Å². The topological polar surface area (TPSA) is 3.24 Å². The van der Waals surface area contributed by atoms with Gasteiger partial charge in [-0.1, -0.05) is 68.4 Å². The quantitative estimate of drug-likeness (QED) is 0.483. The number of hydrogen-bond donors (Lipinski definition) is 0. The average molecular weight is 435 g/mol. The third kappa shape index (κ3) is 3.94. The first kappa shape index (κ1) is 20.5. The zero-order valence-electron chi connectivity index (χ0n) is 15.2. The van der Waals surface area contributed by atoms with Crippen LogP contribution in [0.2, 0.25) is 5.02 Å². The van der Waals surface area contributed by atoms with Gasteiger partial charge in [-0.25, -0.2) is 4.39 Å². The van der Waals surface area contributed by atoms with Crippen molar-refractivity contribution in [3.8, 4) is 0 Å². The summed E-state index contributed by atoms with van der Waals surface area (Å²) in [5.74, 6) is -0.344. The van der Waals surface area contributed by atoms with Gasteiger partial charge in [0.25, 0.3) is 0 Å². The summed E-state index contributed by atoms with van der Waals surface area (Å²) >= 11 is 9.93. The molecule has 1 aliphatic heterocycles. The molecule has 1 nitrogen and oxygen atoms in total. The molecule has 0 bridgehead atoms. The second-order valence-electron chi connectivity index (χ2n) is 5.41. The fraction of sp³-hybridized carbons (Fsp3) is 0.182. The summed E-state index contributed by atoms with van der Waals surface area (Å²) in [7, 11) is 0. The Kier molecular flexibility index (Phi) is 7.24. The van der Waals surface area contributed by atoms with E-state index < -0.39 is 0 Å². The van der Waals surface area contributed by atoms with Gasteiger partial charge in [0.15, 0.2) is 0 Å². The van der Waals surface area contributed by atoms with Gasteiger partial charge in [-0.15, -0.1) is 0 Å². The Morgan fingerprint density at radius 2 is 1.73 bits per heavy atom. The molecule has 0 amide bonds. The zero-order chi connectivity index (χ0) is 19.3. The Hall–Kier alpha value is -1.84. The van der Waals surface area contributed by atoms with E-state index in [-0.39, 0.29) is 5.82 Å². The fourth-order valence-electron chi connectivity index (χ4n) is 2.87. The van der Waals surface area contributed by atoms with Crippen molar-refractivity contribution in [2.45, 2.75) is 20.8 Å². The van der Waals surface area contributed by atoms with Crippen molar-refractivity contribution in [2.75, 3.05) is 6.54 Å². The third-order valence-corrected chi connectivity index (χ3v) is 5.00. The Morgan fingerprint density at radius 1 is 1.08 bits per heavy atom. The molecule has 136 valence electrons. The van der Waals surface area contributed by atoms with Crippen LogP contribution in [0.25, 0.3) is 11.3 Å². The fourth-order valence-corrected chi connectivity index (χ4v) is 3.56. The summed E-state index contributed by atoms with van der Waals surface area (Å²) in [4.78, 5) is 1.98. The van der Waals surface area contributed by atoms with Crippen LogP contribution in [0.3, 0.4) is 0 Å². The first-order valence-corrected chi connectivity index (χ1v) is 9.79. The summed E-state index contributed by atoms with van der Waals surface area (Å²) in [5.41, 5.74) is 3.82. The van der Waals surface area contributed by atoms with Crippen molar-refractivity contribution in [3.05, 3.63) is 93.3 Å². The van der Waals surface area contributed by atoms with Gasteiger partial charge >= 0.3 is 0 Å². The Labute approximate surface area is 168 Å². The highest BCUT2D eigenvalue weighted by molar-refractivity contribution is 9.12. The molecule has 0 N–H and O–H groups in total. The SMILES string of the molecule is C=C1C(Br)=CC(c2ccccc2)=C(c2c(F)cccc2Cl)N1CC.CC. The zero-order valence-corrected chi connectivity index (χ0v) is 17.5. The Bertz CT molecular complexity index is 835. The van der Waals surface area contributed by atoms with Crippen molar-refractivity contribution in [1.29, 1.82) is 0 Å². The lowest BCUT2D eigenvalue weighted by Crippen LogP contribution is -2.25. The van der Waals surface area contributed by atoms with Crippen molar-refractivity contribution in [3.63, 3.8) is 0 Å². The van der Waals surface area contributed by atoms with Crippen LogP contribution in [0.5, 0.6) is 0 Å². The van der Waals surface area contributed by atoms with E-state index >= 15 is 0 Å². The molecule has 2 aromatic rings. The van der Waals surface area contributed by atoms with Crippen molar-refractivity contribution < 1.29 is 4.39 Å². The molecule has 1 heterocycles. The number of rotatable bonds is 3. The molecular formula is C22H22BrClFN. The highest BCUT2D eigenvalue weighted by Gasteiger charge is 2.27. The molecule has 0 saturated heterocycles. The van der Waals surface area contributed by atoms with Gasteiger partial charge in [-0.2, -0.15) is 0 Å². The van der Waals surface area contributed by atoms with E-state index in [0.717, 1.165) is 27.0 Å². The van der Waals surface area contributed by atoms with E-state index in [1.165, 1.54) is 6.07 Å². The molecule has 3 rings (SSSR count). The minimum absolute atomic E-state index is 0.344. The normalized spacial score (nSPS) is 14.0. The van der Waals surface area contributed by atoms with Crippen LogP contribution in [0.15, 0.2) is 71.4 Å². The maximum atomic E-state index is 14.7. The van der Waals surface area contributed by atoms with E-state index in [4.69, 9.17) is 11.6 Å². The van der Waals surface area contributed by atoms with E-state index in [1.807, 2.05) is 62.1 Å². The van der Waals surface area contributed by atoms with Crippen LogP contribution >= 0.6 is 27.5 Å². The summed E-state index contributed by atoms with van der Waals surface area (Å²) in [6.45, 7) is 10.8. The molecule has 2 aromatic carbocycles. The lowest BCUT2D eigenvalue weighted by molar-refractivity contribution is 0.523. The molecule has 0 spiro atoms. The molecule has 4 heteroatoms. The molecule has 0 radical (unpaired) electrons. The lowest BCUT2D eigenvalue weighted by Gasteiger charge is -2.34. The highest BCUT2D eigenvalue weighted by atomic mass is 79.9. The van der Waals surface area contributed by atoms with Gasteiger partial charge in [0.1, 0.15) is 5.82 Å². The largest absolute Gasteiger partial charge is 0.340 e. The van der Waals surface area contributed by atoms with Crippen LogP contribution in [-0.2, 0) is 0 Å². The van der Waals surface area contributed by atoms with E-state index in [1.54, 1.807) is 12.1 Å². The number of nitrogens with zero attached hydrogens (tertiary/aromatic N) is 1. The van der Waals surface area contributed by atoms with Gasteiger partial charge in [0.2, 0.25) is 0 Å². The van der Waals surface area contributed by atoms with Crippen LogP contribution in [0, 0.1) is 5.82 Å². The van der Waals surface area contributed by atoms with Gasteiger partial charge in [-0.05, 0) is 46.6 Å². The summed E-state index contributed by atoms with van der Waals surface area (Å²) in [6, 6.07) is 14.6. The maximum absolute atomic E-state index is 14.7. The second-order valence-corrected chi connectivity index (χ2v) is 6.67. The molecule has 1 aliphatic rings. The average Bonchev–Trinajstić information content (AvgIpc) is 2.66. The first-order valence-electron chi connectivity index (χ1n) is 8.62. The summed E-state index contributed by atoms with van der Waals surface area (Å²) in [5, 5.41) is 0.385. The minimum Gasteiger partial charge on any atom is -0.340 e. The molecule has 0 unspecified atom stereocenters. The molecule has 0 aliphatic carbocycles. The number of likely N-dealkylation sites (N-methyl/N-ethyl adjacent to an activating group) is 1. The van der Waals surface area contributed by atoms with Crippen LogP contribution in [0.1, 0.15) is 31.9 Å². The van der Waals surface area contributed by atoms with E-state index in [0.29, 0.717) is 17.1 Å². The minimum atomic E-state index is -0.344. The predicted molar refractivity (Wildman–Crippen MR) is 115 cm³/mol. The van der Waals surface area contributed by atoms with Crippen molar-refractivity contribution in [1.82, 2.24) is 4.90 Å². The Morgan fingerprint density at radius 3 is 2.31 bits per heavy atom. The molecule has 0 saturated carbocycles.